The minimum atomic E-state index is -0.415. The Morgan fingerprint density at radius 1 is 0.905 bits per heavy atom. The van der Waals surface area contributed by atoms with Crippen LogP contribution >= 0.6 is 0 Å². The van der Waals surface area contributed by atoms with Crippen molar-refractivity contribution in [2.75, 3.05) is 6.61 Å². The van der Waals surface area contributed by atoms with Gasteiger partial charge in [-0.25, -0.2) is 4.98 Å². The highest BCUT2D eigenvalue weighted by molar-refractivity contribution is 5.91. The summed E-state index contributed by atoms with van der Waals surface area (Å²) >= 11 is 0. The fraction of sp³-hybridized carbons (Fsp3) is 0.351. The first-order valence-corrected chi connectivity index (χ1v) is 15.4. The molecule has 3 aromatic carbocycles. The quantitative estimate of drug-likeness (QED) is 0.192. The molecule has 2 atom stereocenters. The normalized spacial score (nSPS) is 15.9. The SMILES string of the molecule is Cc1cc(C)n2c(n1)c(Cc1ccc(C(C(=O)NC(CO)c3ccccc3)C3CCCCCC3)cc1)c1ccccc12. The number of rotatable bonds is 8. The molecule has 0 saturated heterocycles. The molecule has 0 spiro atoms. The van der Waals surface area contributed by atoms with Crippen molar-refractivity contribution in [3.8, 4) is 0 Å². The largest absolute Gasteiger partial charge is 0.394 e. The molecule has 216 valence electrons. The Morgan fingerprint density at radius 3 is 2.31 bits per heavy atom. The van der Waals surface area contributed by atoms with Gasteiger partial charge in [0.2, 0.25) is 5.91 Å². The smallest absolute Gasteiger partial charge is 0.228 e. The molecule has 2 N–H and O–H groups in total. The molecule has 1 fully saturated rings. The molecule has 6 rings (SSSR count). The summed E-state index contributed by atoms with van der Waals surface area (Å²) in [6.07, 6.45) is 7.68. The predicted octanol–water partition coefficient (Wildman–Crippen LogP) is 7.60. The molecule has 42 heavy (non-hydrogen) atoms. The summed E-state index contributed by atoms with van der Waals surface area (Å²) in [6.45, 7) is 4.07. The number of hydrogen-bond acceptors (Lipinski definition) is 3. The number of nitrogens with one attached hydrogen (secondary N) is 1. The van der Waals surface area contributed by atoms with Crippen molar-refractivity contribution in [1.29, 1.82) is 0 Å². The third-order valence-corrected chi connectivity index (χ3v) is 9.08. The molecule has 0 aliphatic heterocycles. The van der Waals surface area contributed by atoms with E-state index >= 15 is 0 Å². The maximum absolute atomic E-state index is 14.0. The lowest BCUT2D eigenvalue weighted by molar-refractivity contribution is -0.125. The topological polar surface area (TPSA) is 66.6 Å². The van der Waals surface area contributed by atoms with Gasteiger partial charge in [0.25, 0.3) is 0 Å². The van der Waals surface area contributed by atoms with Crippen molar-refractivity contribution < 1.29 is 9.90 Å². The van der Waals surface area contributed by atoms with Crippen LogP contribution < -0.4 is 5.32 Å². The minimum Gasteiger partial charge on any atom is -0.394 e. The number of aliphatic hydroxyl groups is 1. The van der Waals surface area contributed by atoms with Crippen LogP contribution in [0.1, 0.15) is 84.1 Å². The van der Waals surface area contributed by atoms with Crippen LogP contribution in [0.2, 0.25) is 0 Å². The molecule has 1 aliphatic carbocycles. The van der Waals surface area contributed by atoms with E-state index in [1.807, 2.05) is 30.3 Å². The zero-order chi connectivity index (χ0) is 29.1. The van der Waals surface area contributed by atoms with Crippen molar-refractivity contribution >= 4 is 22.5 Å². The predicted molar refractivity (Wildman–Crippen MR) is 170 cm³/mol. The summed E-state index contributed by atoms with van der Waals surface area (Å²) in [5, 5.41) is 14.6. The molecular formula is C37H41N3O2. The highest BCUT2D eigenvalue weighted by atomic mass is 16.3. The first-order chi connectivity index (χ1) is 20.5. The van der Waals surface area contributed by atoms with Gasteiger partial charge in [-0.15, -0.1) is 0 Å². The van der Waals surface area contributed by atoms with Crippen LogP contribution in [-0.2, 0) is 11.2 Å². The van der Waals surface area contributed by atoms with E-state index in [1.165, 1.54) is 40.6 Å². The number of amides is 1. The molecular weight excluding hydrogens is 518 g/mol. The van der Waals surface area contributed by atoms with Crippen LogP contribution in [0, 0.1) is 19.8 Å². The summed E-state index contributed by atoms with van der Waals surface area (Å²) in [5.74, 6) is 0.0677. The monoisotopic (exact) mass is 559 g/mol. The zero-order valence-corrected chi connectivity index (χ0v) is 24.7. The Kier molecular flexibility index (Phi) is 8.38. The van der Waals surface area contributed by atoms with E-state index in [4.69, 9.17) is 4.98 Å². The number of para-hydroxylation sites is 1. The molecule has 0 radical (unpaired) electrons. The van der Waals surface area contributed by atoms with Gasteiger partial charge in [-0.1, -0.05) is 98.5 Å². The van der Waals surface area contributed by atoms with Crippen LogP contribution in [0.4, 0.5) is 0 Å². The molecule has 0 bridgehead atoms. The van der Waals surface area contributed by atoms with Crippen LogP contribution in [0.5, 0.6) is 0 Å². The van der Waals surface area contributed by atoms with Crippen molar-refractivity contribution in [3.05, 3.63) is 119 Å². The Bertz CT molecular complexity index is 1660. The van der Waals surface area contributed by atoms with Gasteiger partial charge in [-0.05, 0) is 61.4 Å². The van der Waals surface area contributed by atoms with E-state index < -0.39 is 6.04 Å². The maximum atomic E-state index is 14.0. The first-order valence-electron chi connectivity index (χ1n) is 15.4. The number of nitrogens with zero attached hydrogens (tertiary/aromatic N) is 2. The second kappa shape index (κ2) is 12.5. The molecule has 1 amide bonds. The average molecular weight is 560 g/mol. The highest BCUT2D eigenvalue weighted by Crippen LogP contribution is 2.37. The third-order valence-electron chi connectivity index (χ3n) is 9.08. The van der Waals surface area contributed by atoms with Gasteiger partial charge >= 0.3 is 0 Å². The average Bonchev–Trinajstić information content (AvgIpc) is 3.13. The molecule has 5 aromatic rings. The number of aryl methyl sites for hydroxylation is 2. The lowest BCUT2D eigenvalue weighted by Gasteiger charge is -2.28. The molecule has 5 heteroatoms. The van der Waals surface area contributed by atoms with E-state index in [1.54, 1.807) is 0 Å². The zero-order valence-electron chi connectivity index (χ0n) is 24.7. The standard InChI is InChI=1S/C37H41N3O2/c1-25-22-26(2)40-34-17-11-10-16-31(34)32(36(40)38-25)23-27-18-20-30(21-19-27)35(29-14-6-3-4-7-15-29)37(42)39-33(24-41)28-12-8-5-9-13-28/h5,8-13,16-22,29,33,35,41H,3-4,6-7,14-15,23-24H2,1-2H3,(H,39,42). The van der Waals surface area contributed by atoms with E-state index in [9.17, 15) is 9.90 Å². The first kappa shape index (κ1) is 28.2. The summed E-state index contributed by atoms with van der Waals surface area (Å²) < 4.78 is 2.27. The van der Waals surface area contributed by atoms with Gasteiger partial charge in [0.1, 0.15) is 5.65 Å². The van der Waals surface area contributed by atoms with Crippen LogP contribution in [0.25, 0.3) is 16.6 Å². The number of benzene rings is 3. The summed E-state index contributed by atoms with van der Waals surface area (Å²) in [4.78, 5) is 18.9. The Hall–Kier alpha value is -3.96. The summed E-state index contributed by atoms with van der Waals surface area (Å²) in [6, 6.07) is 28.7. The number of carbonyl (C=O) groups is 1. The number of carbonyl (C=O) groups excluding carboxylic acids is 1. The van der Waals surface area contributed by atoms with Gasteiger partial charge in [0, 0.05) is 28.8 Å². The number of aliphatic hydroxyl groups excluding tert-OH is 1. The molecule has 2 unspecified atom stereocenters. The molecule has 1 aliphatic rings. The van der Waals surface area contributed by atoms with E-state index in [0.29, 0.717) is 5.92 Å². The Labute approximate surface area is 248 Å². The van der Waals surface area contributed by atoms with Gasteiger partial charge in [0.05, 0.1) is 24.1 Å². The second-order valence-corrected chi connectivity index (χ2v) is 12.0. The molecule has 2 aromatic heterocycles. The van der Waals surface area contributed by atoms with Crippen molar-refractivity contribution in [3.63, 3.8) is 0 Å². The number of fused-ring (bicyclic) bond motifs is 3. The van der Waals surface area contributed by atoms with Crippen molar-refractivity contribution in [2.24, 2.45) is 5.92 Å². The van der Waals surface area contributed by atoms with Crippen LogP contribution in [-0.4, -0.2) is 27.0 Å². The van der Waals surface area contributed by atoms with Gasteiger partial charge < -0.3 is 10.4 Å². The fourth-order valence-electron chi connectivity index (χ4n) is 7.02. The van der Waals surface area contributed by atoms with E-state index in [0.717, 1.165) is 54.6 Å². The van der Waals surface area contributed by atoms with Crippen LogP contribution in [0.15, 0.2) is 84.9 Å². The van der Waals surface area contributed by atoms with E-state index in [-0.39, 0.29) is 18.4 Å². The maximum Gasteiger partial charge on any atom is 0.228 e. The Morgan fingerprint density at radius 2 is 1.60 bits per heavy atom. The van der Waals surface area contributed by atoms with Gasteiger partial charge in [0.15, 0.2) is 0 Å². The van der Waals surface area contributed by atoms with Gasteiger partial charge in [-0.3, -0.25) is 9.20 Å². The fourth-order valence-corrected chi connectivity index (χ4v) is 7.02. The highest BCUT2D eigenvalue weighted by Gasteiger charge is 2.32. The lowest BCUT2D eigenvalue weighted by Crippen LogP contribution is -2.37. The third kappa shape index (κ3) is 5.71. The number of aromatic nitrogens is 2. The number of hydrogen-bond donors (Lipinski definition) is 2. The van der Waals surface area contributed by atoms with Crippen LogP contribution in [0.3, 0.4) is 0 Å². The van der Waals surface area contributed by atoms with E-state index in [2.05, 4.69) is 78.2 Å². The molecule has 1 saturated carbocycles. The van der Waals surface area contributed by atoms with Crippen molar-refractivity contribution in [1.82, 2.24) is 14.7 Å². The summed E-state index contributed by atoms with van der Waals surface area (Å²) in [5.41, 5.74) is 8.83. The minimum absolute atomic E-state index is 0.0112. The Balaban J connectivity index is 1.31. The molecule has 5 nitrogen and oxygen atoms in total. The lowest BCUT2D eigenvalue weighted by atomic mass is 9.80. The molecule has 2 heterocycles. The second-order valence-electron chi connectivity index (χ2n) is 12.0. The summed E-state index contributed by atoms with van der Waals surface area (Å²) in [7, 11) is 0. The van der Waals surface area contributed by atoms with Gasteiger partial charge in [-0.2, -0.15) is 0 Å². The van der Waals surface area contributed by atoms with Crippen molar-refractivity contribution in [2.45, 2.75) is 70.8 Å².